The highest BCUT2D eigenvalue weighted by molar-refractivity contribution is 6.03. The van der Waals surface area contributed by atoms with Crippen LogP contribution in [0, 0.1) is 11.7 Å². The van der Waals surface area contributed by atoms with E-state index in [2.05, 4.69) is 10.6 Å². The molecule has 0 spiro atoms. The van der Waals surface area contributed by atoms with Gasteiger partial charge in [0.25, 0.3) is 0 Å². The molecule has 80 valence electrons. The average Bonchev–Trinajstić information content (AvgIpc) is 2.15. The molecule has 1 aliphatic rings. The second-order valence-corrected chi connectivity index (χ2v) is 4.05. The van der Waals surface area contributed by atoms with Crippen molar-refractivity contribution in [1.82, 2.24) is 0 Å². The van der Waals surface area contributed by atoms with Crippen molar-refractivity contribution >= 4 is 17.3 Å². The van der Waals surface area contributed by atoms with Crippen LogP contribution in [-0.4, -0.2) is 11.9 Å². The van der Waals surface area contributed by atoms with Gasteiger partial charge in [-0.25, -0.2) is 4.39 Å². The van der Waals surface area contributed by atoms with Gasteiger partial charge in [0, 0.05) is 0 Å². The van der Waals surface area contributed by atoms with E-state index >= 15 is 0 Å². The van der Waals surface area contributed by atoms with E-state index in [0.717, 1.165) is 5.69 Å². The smallest absolute Gasteiger partial charge is 0.247 e. The summed E-state index contributed by atoms with van der Waals surface area (Å²) in [4.78, 5) is 11.6. The van der Waals surface area contributed by atoms with Gasteiger partial charge in [0.1, 0.15) is 11.9 Å². The summed E-state index contributed by atoms with van der Waals surface area (Å²) >= 11 is 0. The molecule has 1 atom stereocenters. The molecule has 3 nitrogen and oxygen atoms in total. The Kier molecular flexibility index (Phi) is 2.34. The molecule has 1 heterocycles. The summed E-state index contributed by atoms with van der Waals surface area (Å²) in [5.74, 6) is -0.259. The van der Waals surface area contributed by atoms with E-state index < -0.39 is 0 Å². The van der Waals surface area contributed by atoms with E-state index in [0.29, 0.717) is 5.69 Å². The van der Waals surface area contributed by atoms with Crippen LogP contribution in [0.3, 0.4) is 0 Å². The Morgan fingerprint density at radius 2 is 2.07 bits per heavy atom. The summed E-state index contributed by atoms with van der Waals surface area (Å²) in [5, 5.41) is 5.79. The van der Waals surface area contributed by atoms with Crippen molar-refractivity contribution in [3.8, 4) is 0 Å². The number of nitrogens with one attached hydrogen (secondary N) is 2. The standard InChI is InChI=1S/C11H13FN2O/c1-6(2)10-11(15)14-9-5-7(12)3-4-8(9)13-10/h3-6,10,13H,1-2H3,(H,14,15). The van der Waals surface area contributed by atoms with Crippen molar-refractivity contribution in [2.45, 2.75) is 19.9 Å². The number of carbonyl (C=O) groups is 1. The maximum atomic E-state index is 12.9. The lowest BCUT2D eigenvalue weighted by Crippen LogP contribution is -2.42. The predicted molar refractivity (Wildman–Crippen MR) is 57.3 cm³/mol. The van der Waals surface area contributed by atoms with Gasteiger partial charge >= 0.3 is 0 Å². The Morgan fingerprint density at radius 1 is 1.33 bits per heavy atom. The molecule has 1 aliphatic heterocycles. The van der Waals surface area contributed by atoms with Gasteiger partial charge in [0.05, 0.1) is 11.4 Å². The number of halogens is 1. The number of hydrogen-bond acceptors (Lipinski definition) is 2. The second-order valence-electron chi connectivity index (χ2n) is 4.05. The zero-order chi connectivity index (χ0) is 11.0. The fourth-order valence-corrected chi connectivity index (χ4v) is 1.66. The lowest BCUT2D eigenvalue weighted by molar-refractivity contribution is -0.117. The van der Waals surface area contributed by atoms with Crippen LogP contribution in [0.5, 0.6) is 0 Å². The predicted octanol–water partition coefficient (Wildman–Crippen LogP) is 2.21. The molecule has 2 rings (SSSR count). The Balaban J connectivity index is 2.34. The van der Waals surface area contributed by atoms with E-state index in [1.54, 1.807) is 6.07 Å². The van der Waals surface area contributed by atoms with Gasteiger partial charge in [-0.1, -0.05) is 13.8 Å². The molecule has 1 aromatic carbocycles. The zero-order valence-electron chi connectivity index (χ0n) is 8.67. The minimum Gasteiger partial charge on any atom is -0.372 e. The highest BCUT2D eigenvalue weighted by atomic mass is 19.1. The summed E-state index contributed by atoms with van der Waals surface area (Å²) < 4.78 is 12.9. The van der Waals surface area contributed by atoms with Crippen LogP contribution in [0.4, 0.5) is 15.8 Å². The van der Waals surface area contributed by atoms with Crippen LogP contribution < -0.4 is 10.6 Å². The van der Waals surface area contributed by atoms with Crippen molar-refractivity contribution in [3.05, 3.63) is 24.0 Å². The number of rotatable bonds is 1. The number of carbonyl (C=O) groups excluding carboxylic acids is 1. The van der Waals surface area contributed by atoms with Crippen LogP contribution in [0.25, 0.3) is 0 Å². The molecule has 0 bridgehead atoms. The van der Waals surface area contributed by atoms with Crippen LogP contribution in [-0.2, 0) is 4.79 Å². The molecule has 0 fully saturated rings. The second kappa shape index (κ2) is 3.53. The Bertz CT molecular complexity index is 404. The molecule has 0 saturated carbocycles. The SMILES string of the molecule is CC(C)C1Nc2ccc(F)cc2NC1=O. The Labute approximate surface area is 87.7 Å². The maximum Gasteiger partial charge on any atom is 0.247 e. The number of fused-ring (bicyclic) bond motifs is 1. The maximum absolute atomic E-state index is 12.9. The van der Waals surface area contributed by atoms with E-state index in [9.17, 15) is 9.18 Å². The zero-order valence-corrected chi connectivity index (χ0v) is 8.67. The number of hydrogen-bond donors (Lipinski definition) is 2. The quantitative estimate of drug-likeness (QED) is 0.743. The molecule has 0 saturated heterocycles. The average molecular weight is 208 g/mol. The van der Waals surface area contributed by atoms with E-state index in [4.69, 9.17) is 0 Å². The summed E-state index contributed by atoms with van der Waals surface area (Å²) in [6, 6.07) is 4.08. The summed E-state index contributed by atoms with van der Waals surface area (Å²) in [6.07, 6.45) is 0. The monoisotopic (exact) mass is 208 g/mol. The fraction of sp³-hybridized carbons (Fsp3) is 0.364. The number of anilines is 2. The molecule has 0 radical (unpaired) electrons. The highest BCUT2D eigenvalue weighted by Gasteiger charge is 2.27. The van der Waals surface area contributed by atoms with Gasteiger partial charge in [-0.2, -0.15) is 0 Å². The Hall–Kier alpha value is -1.58. The third kappa shape index (κ3) is 1.79. The van der Waals surface area contributed by atoms with Gasteiger partial charge in [0.2, 0.25) is 5.91 Å². The first-order valence-corrected chi connectivity index (χ1v) is 4.95. The van der Waals surface area contributed by atoms with E-state index in [1.165, 1.54) is 12.1 Å². The number of amides is 1. The minimum absolute atomic E-state index is 0.108. The molecule has 2 N–H and O–H groups in total. The van der Waals surface area contributed by atoms with Crippen molar-refractivity contribution in [1.29, 1.82) is 0 Å². The summed E-state index contributed by atoms with van der Waals surface area (Å²) in [7, 11) is 0. The van der Waals surface area contributed by atoms with Gasteiger partial charge in [-0.15, -0.1) is 0 Å². The molecule has 0 aromatic heterocycles. The van der Waals surface area contributed by atoms with E-state index in [-0.39, 0.29) is 23.7 Å². The number of benzene rings is 1. The van der Waals surface area contributed by atoms with Crippen molar-refractivity contribution < 1.29 is 9.18 Å². The van der Waals surface area contributed by atoms with E-state index in [1.807, 2.05) is 13.8 Å². The lowest BCUT2D eigenvalue weighted by Gasteiger charge is -2.29. The normalized spacial score (nSPS) is 19.5. The molecule has 1 amide bonds. The van der Waals surface area contributed by atoms with Gasteiger partial charge < -0.3 is 10.6 Å². The van der Waals surface area contributed by atoms with Crippen LogP contribution in [0.1, 0.15) is 13.8 Å². The molecular weight excluding hydrogens is 195 g/mol. The fourth-order valence-electron chi connectivity index (χ4n) is 1.66. The largest absolute Gasteiger partial charge is 0.372 e. The third-order valence-electron chi connectivity index (χ3n) is 2.50. The summed E-state index contributed by atoms with van der Waals surface area (Å²) in [6.45, 7) is 3.93. The Morgan fingerprint density at radius 3 is 2.73 bits per heavy atom. The highest BCUT2D eigenvalue weighted by Crippen LogP contribution is 2.28. The van der Waals surface area contributed by atoms with Crippen LogP contribution in [0.15, 0.2) is 18.2 Å². The molecule has 1 aromatic rings. The molecule has 1 unspecified atom stereocenters. The first-order chi connectivity index (χ1) is 7.08. The van der Waals surface area contributed by atoms with Crippen molar-refractivity contribution in [3.63, 3.8) is 0 Å². The first-order valence-electron chi connectivity index (χ1n) is 4.95. The van der Waals surface area contributed by atoms with Crippen molar-refractivity contribution in [2.75, 3.05) is 10.6 Å². The molecular formula is C11H13FN2O. The molecule has 0 aliphatic carbocycles. The van der Waals surface area contributed by atoms with Crippen molar-refractivity contribution in [2.24, 2.45) is 5.92 Å². The topological polar surface area (TPSA) is 41.1 Å². The van der Waals surface area contributed by atoms with Crippen LogP contribution in [0.2, 0.25) is 0 Å². The van der Waals surface area contributed by atoms with Gasteiger partial charge in [-0.05, 0) is 24.1 Å². The molecule has 15 heavy (non-hydrogen) atoms. The van der Waals surface area contributed by atoms with Crippen LogP contribution >= 0.6 is 0 Å². The lowest BCUT2D eigenvalue weighted by atomic mass is 10.0. The minimum atomic E-state index is -0.348. The third-order valence-corrected chi connectivity index (χ3v) is 2.50. The van der Waals surface area contributed by atoms with Gasteiger partial charge in [0.15, 0.2) is 0 Å². The first kappa shape index (κ1) is 9.96. The molecule has 4 heteroatoms. The summed E-state index contributed by atoms with van der Waals surface area (Å²) in [5.41, 5.74) is 1.28. The van der Waals surface area contributed by atoms with Gasteiger partial charge in [-0.3, -0.25) is 4.79 Å².